The van der Waals surface area contributed by atoms with E-state index in [1.165, 1.54) is 6.08 Å². The normalized spacial score (nSPS) is 15.1. The number of nitrogens with zero attached hydrogens (tertiary/aromatic N) is 1. The summed E-state index contributed by atoms with van der Waals surface area (Å²) in [5.41, 5.74) is 1.29. The molecule has 1 fully saturated rings. The molecule has 0 bridgehead atoms. The van der Waals surface area contributed by atoms with Crippen LogP contribution in [0.4, 0.5) is 0 Å². The van der Waals surface area contributed by atoms with Crippen molar-refractivity contribution in [2.45, 2.75) is 18.9 Å². The minimum atomic E-state index is -0.0844. The minimum absolute atomic E-state index is 0.0729. The van der Waals surface area contributed by atoms with E-state index in [-0.39, 0.29) is 17.9 Å². The first kappa shape index (κ1) is 19.5. The van der Waals surface area contributed by atoms with E-state index in [9.17, 15) is 9.59 Å². The van der Waals surface area contributed by atoms with Gasteiger partial charge >= 0.3 is 0 Å². The number of benzene rings is 2. The summed E-state index contributed by atoms with van der Waals surface area (Å²) in [5, 5.41) is 4.05. The van der Waals surface area contributed by atoms with Gasteiger partial charge in [0.05, 0.1) is 0 Å². The Balaban J connectivity index is 1.52. The molecule has 3 rings (SSSR count). The van der Waals surface area contributed by atoms with Gasteiger partial charge in [0.1, 0.15) is 0 Å². The van der Waals surface area contributed by atoms with Gasteiger partial charge < -0.3 is 10.2 Å². The molecule has 4 nitrogen and oxygen atoms in total. The predicted molar refractivity (Wildman–Crippen MR) is 109 cm³/mol. The molecule has 2 amide bonds. The van der Waals surface area contributed by atoms with Gasteiger partial charge in [0.25, 0.3) is 5.91 Å². The average Bonchev–Trinajstić information content (AvgIpc) is 2.68. The standard InChI is InChI=1S/C21H20Cl2N2O2/c22-18-7-4-8-19(23)17(18)9-10-20(26)25-13-11-16(12-14-25)24-21(27)15-5-2-1-3-6-15/h1-10,16H,11-14H2,(H,24,27). The molecule has 1 N–H and O–H groups in total. The van der Waals surface area contributed by atoms with Crippen molar-refractivity contribution in [1.82, 2.24) is 10.2 Å². The lowest BCUT2D eigenvalue weighted by Gasteiger charge is -2.31. The second-order valence-corrected chi connectivity index (χ2v) is 7.22. The van der Waals surface area contributed by atoms with Gasteiger partial charge in [0, 0.05) is 46.4 Å². The zero-order chi connectivity index (χ0) is 19.2. The number of piperidine rings is 1. The zero-order valence-electron chi connectivity index (χ0n) is 14.7. The maximum atomic E-state index is 12.4. The molecule has 0 aliphatic carbocycles. The Morgan fingerprint density at radius 2 is 1.59 bits per heavy atom. The lowest BCUT2D eigenvalue weighted by atomic mass is 10.0. The van der Waals surface area contributed by atoms with Gasteiger partial charge in [-0.3, -0.25) is 9.59 Å². The number of carbonyl (C=O) groups excluding carboxylic acids is 2. The maximum Gasteiger partial charge on any atom is 0.251 e. The Morgan fingerprint density at radius 3 is 2.22 bits per heavy atom. The quantitative estimate of drug-likeness (QED) is 0.768. The van der Waals surface area contributed by atoms with E-state index in [1.54, 1.807) is 41.3 Å². The van der Waals surface area contributed by atoms with Crippen LogP contribution in [0.15, 0.2) is 54.6 Å². The molecule has 0 radical (unpaired) electrons. The first-order valence-electron chi connectivity index (χ1n) is 8.81. The highest BCUT2D eigenvalue weighted by Crippen LogP contribution is 2.25. The van der Waals surface area contributed by atoms with Crippen LogP contribution < -0.4 is 5.32 Å². The van der Waals surface area contributed by atoms with Crippen molar-refractivity contribution in [1.29, 1.82) is 0 Å². The zero-order valence-corrected chi connectivity index (χ0v) is 16.2. The molecule has 2 aromatic rings. The lowest BCUT2D eigenvalue weighted by molar-refractivity contribution is -0.126. The van der Waals surface area contributed by atoms with Gasteiger partial charge in [-0.15, -0.1) is 0 Å². The van der Waals surface area contributed by atoms with Gasteiger partial charge in [0.15, 0.2) is 0 Å². The maximum absolute atomic E-state index is 12.4. The van der Waals surface area contributed by atoms with Crippen LogP contribution in [0.5, 0.6) is 0 Å². The van der Waals surface area contributed by atoms with E-state index >= 15 is 0 Å². The van der Waals surface area contributed by atoms with Crippen molar-refractivity contribution >= 4 is 41.1 Å². The van der Waals surface area contributed by atoms with E-state index in [1.807, 2.05) is 18.2 Å². The molecule has 1 aliphatic rings. The second-order valence-electron chi connectivity index (χ2n) is 6.41. The number of halogens is 2. The number of amides is 2. The predicted octanol–water partition coefficient (Wildman–Crippen LogP) is 4.43. The van der Waals surface area contributed by atoms with Crippen LogP contribution in [-0.4, -0.2) is 35.8 Å². The summed E-state index contributed by atoms with van der Waals surface area (Å²) in [6, 6.07) is 14.4. The van der Waals surface area contributed by atoms with Crippen LogP contribution >= 0.6 is 23.2 Å². The number of rotatable bonds is 4. The van der Waals surface area contributed by atoms with E-state index < -0.39 is 0 Å². The molecule has 1 saturated heterocycles. The van der Waals surface area contributed by atoms with Gasteiger partial charge in [-0.1, -0.05) is 47.5 Å². The number of hydrogen-bond donors (Lipinski definition) is 1. The summed E-state index contributed by atoms with van der Waals surface area (Å²) >= 11 is 12.2. The van der Waals surface area contributed by atoms with Crippen LogP contribution in [0.25, 0.3) is 6.08 Å². The Morgan fingerprint density at radius 1 is 0.963 bits per heavy atom. The SMILES string of the molecule is O=C(NC1CCN(C(=O)C=Cc2c(Cl)cccc2Cl)CC1)c1ccccc1. The van der Waals surface area contributed by atoms with Crippen LogP contribution in [0.2, 0.25) is 10.0 Å². The molecule has 1 heterocycles. The molecule has 2 aromatic carbocycles. The molecule has 0 aromatic heterocycles. The van der Waals surface area contributed by atoms with Crippen molar-refractivity contribution in [3.05, 3.63) is 75.8 Å². The molecule has 0 atom stereocenters. The monoisotopic (exact) mass is 402 g/mol. The third kappa shape index (κ3) is 5.12. The second kappa shape index (κ2) is 9.07. The van der Waals surface area contributed by atoms with E-state index in [0.717, 1.165) is 12.8 Å². The van der Waals surface area contributed by atoms with Crippen LogP contribution in [-0.2, 0) is 4.79 Å². The number of nitrogens with one attached hydrogen (secondary N) is 1. The fourth-order valence-electron chi connectivity index (χ4n) is 3.03. The summed E-state index contributed by atoms with van der Waals surface area (Å²) in [6.07, 6.45) is 4.60. The van der Waals surface area contributed by atoms with Crippen molar-refractivity contribution < 1.29 is 9.59 Å². The highest BCUT2D eigenvalue weighted by atomic mass is 35.5. The third-order valence-corrected chi connectivity index (χ3v) is 5.23. The van der Waals surface area contributed by atoms with Gasteiger partial charge in [0.2, 0.25) is 5.91 Å². The Hall–Kier alpha value is -2.30. The molecule has 1 aliphatic heterocycles. The Bertz CT molecular complexity index is 824. The van der Waals surface area contributed by atoms with Crippen molar-refractivity contribution in [3.63, 3.8) is 0 Å². The van der Waals surface area contributed by atoms with Crippen molar-refractivity contribution in [2.75, 3.05) is 13.1 Å². The molecular formula is C21H20Cl2N2O2. The average molecular weight is 403 g/mol. The molecule has 140 valence electrons. The van der Waals surface area contributed by atoms with E-state index in [0.29, 0.717) is 34.3 Å². The molecule has 6 heteroatoms. The summed E-state index contributed by atoms with van der Waals surface area (Å²) in [7, 11) is 0. The Labute approximate surface area is 168 Å². The first-order valence-corrected chi connectivity index (χ1v) is 9.57. The number of hydrogen-bond acceptors (Lipinski definition) is 2. The van der Waals surface area contributed by atoms with E-state index in [2.05, 4.69) is 5.32 Å². The van der Waals surface area contributed by atoms with Crippen LogP contribution in [0, 0.1) is 0 Å². The first-order chi connectivity index (χ1) is 13.0. The molecular weight excluding hydrogens is 383 g/mol. The van der Waals surface area contributed by atoms with Crippen LogP contribution in [0.3, 0.4) is 0 Å². The highest BCUT2D eigenvalue weighted by molar-refractivity contribution is 6.37. The topological polar surface area (TPSA) is 49.4 Å². The molecule has 0 spiro atoms. The van der Waals surface area contributed by atoms with E-state index in [4.69, 9.17) is 23.2 Å². The smallest absolute Gasteiger partial charge is 0.251 e. The van der Waals surface area contributed by atoms with Gasteiger partial charge in [-0.2, -0.15) is 0 Å². The van der Waals surface area contributed by atoms with Crippen molar-refractivity contribution in [3.8, 4) is 0 Å². The summed E-state index contributed by atoms with van der Waals surface area (Å²) in [6.45, 7) is 1.19. The summed E-state index contributed by atoms with van der Waals surface area (Å²) in [5.74, 6) is -0.160. The fraction of sp³-hybridized carbons (Fsp3) is 0.238. The van der Waals surface area contributed by atoms with Gasteiger partial charge in [-0.25, -0.2) is 0 Å². The molecule has 0 unspecified atom stereocenters. The highest BCUT2D eigenvalue weighted by Gasteiger charge is 2.23. The van der Waals surface area contributed by atoms with Crippen LogP contribution in [0.1, 0.15) is 28.8 Å². The largest absolute Gasteiger partial charge is 0.349 e. The fourth-order valence-corrected chi connectivity index (χ4v) is 3.56. The third-order valence-electron chi connectivity index (χ3n) is 4.57. The van der Waals surface area contributed by atoms with Gasteiger partial charge in [-0.05, 0) is 43.2 Å². The molecule has 27 heavy (non-hydrogen) atoms. The number of carbonyl (C=O) groups is 2. The lowest BCUT2D eigenvalue weighted by Crippen LogP contribution is -2.46. The minimum Gasteiger partial charge on any atom is -0.349 e. The summed E-state index contributed by atoms with van der Waals surface area (Å²) in [4.78, 5) is 26.4. The number of likely N-dealkylation sites (tertiary alicyclic amines) is 1. The molecule has 0 saturated carbocycles. The summed E-state index contributed by atoms with van der Waals surface area (Å²) < 4.78 is 0. The van der Waals surface area contributed by atoms with Crippen molar-refractivity contribution in [2.24, 2.45) is 0 Å². The Kier molecular flexibility index (Phi) is 6.54.